The predicted octanol–water partition coefficient (Wildman–Crippen LogP) is 3.61. The number of carbonyl (C=O) groups is 2. The van der Waals surface area contributed by atoms with Gasteiger partial charge in [-0.15, -0.1) is 0 Å². The number of likely N-dealkylation sites (tertiary alicyclic amines) is 1. The Morgan fingerprint density at radius 1 is 1.09 bits per heavy atom. The highest BCUT2D eigenvalue weighted by molar-refractivity contribution is 6.38. The minimum atomic E-state index is -0.750. The van der Waals surface area contributed by atoms with Crippen LogP contribution in [-0.2, 0) is 20.7 Å². The number of methoxy groups -OCH3 is 3. The first-order valence-electron chi connectivity index (χ1n) is 11.1. The average Bonchev–Trinajstić information content (AvgIpc) is 3.31. The van der Waals surface area contributed by atoms with Gasteiger partial charge in [-0.1, -0.05) is 20.8 Å². The number of amides is 1. The molecule has 9 nitrogen and oxygen atoms in total. The van der Waals surface area contributed by atoms with Crippen molar-refractivity contribution in [2.75, 3.05) is 27.9 Å². The Morgan fingerprint density at radius 2 is 1.70 bits per heavy atom. The van der Waals surface area contributed by atoms with Crippen LogP contribution in [0.25, 0.3) is 0 Å². The minimum absolute atomic E-state index is 0.0896. The van der Waals surface area contributed by atoms with Crippen LogP contribution in [0.1, 0.15) is 52.0 Å². The molecular formula is C24H35N3O6. The fourth-order valence-corrected chi connectivity index (χ4v) is 3.65. The van der Waals surface area contributed by atoms with Gasteiger partial charge in [0.1, 0.15) is 6.04 Å². The highest BCUT2D eigenvalue weighted by atomic mass is 16.5. The summed E-state index contributed by atoms with van der Waals surface area (Å²) in [4.78, 5) is 26.8. The van der Waals surface area contributed by atoms with Gasteiger partial charge in [-0.2, -0.15) is 0 Å². The zero-order valence-electron chi connectivity index (χ0n) is 20.4. The average molecular weight is 462 g/mol. The zero-order valence-corrected chi connectivity index (χ0v) is 20.4. The Balaban J connectivity index is 2.01. The Labute approximate surface area is 195 Å². The van der Waals surface area contributed by atoms with Gasteiger partial charge in [-0.25, -0.2) is 0 Å². The fraction of sp³-hybridized carbons (Fsp3) is 0.583. The lowest BCUT2D eigenvalue weighted by atomic mass is 9.84. The van der Waals surface area contributed by atoms with Crippen molar-refractivity contribution >= 4 is 23.5 Å². The first-order chi connectivity index (χ1) is 15.6. The van der Waals surface area contributed by atoms with E-state index >= 15 is 0 Å². The van der Waals surface area contributed by atoms with Crippen molar-refractivity contribution in [1.29, 1.82) is 10.8 Å². The quantitative estimate of drug-likeness (QED) is 0.312. The first-order valence-corrected chi connectivity index (χ1v) is 11.1. The molecule has 0 radical (unpaired) electrons. The molecule has 182 valence electrons. The Morgan fingerprint density at radius 3 is 2.21 bits per heavy atom. The number of hydrogen-bond donors (Lipinski definition) is 2. The molecule has 1 heterocycles. The van der Waals surface area contributed by atoms with Crippen molar-refractivity contribution < 1.29 is 28.5 Å². The van der Waals surface area contributed by atoms with E-state index in [0.29, 0.717) is 49.5 Å². The van der Waals surface area contributed by atoms with Crippen LogP contribution < -0.4 is 14.2 Å². The summed E-state index contributed by atoms with van der Waals surface area (Å²) in [6, 6.07) is 2.98. The zero-order chi connectivity index (χ0) is 24.8. The van der Waals surface area contributed by atoms with E-state index < -0.39 is 23.1 Å². The van der Waals surface area contributed by atoms with Crippen LogP contribution in [0.4, 0.5) is 0 Å². The number of carbonyl (C=O) groups excluding carboxylic acids is 2. The first kappa shape index (κ1) is 26.2. The van der Waals surface area contributed by atoms with E-state index in [1.54, 1.807) is 26.0 Å². The standard InChI is InChI=1S/C24H35N3O6/c1-7-24(2,3)21(28)23(29)27-12-8-9-16(27)22(26)33-19(25)11-10-15-13-17(30-4)20(32-6)18(14-15)31-5/h13-14,16,25-26H,7-12H2,1-6H3/t16-/m0/s1. The third kappa shape index (κ3) is 6.03. The van der Waals surface area contributed by atoms with E-state index in [1.807, 2.05) is 6.92 Å². The van der Waals surface area contributed by atoms with Crippen LogP contribution in [0, 0.1) is 16.2 Å². The van der Waals surface area contributed by atoms with E-state index in [1.165, 1.54) is 26.2 Å². The predicted molar refractivity (Wildman–Crippen MR) is 125 cm³/mol. The Bertz CT molecular complexity index is 886. The molecule has 2 N–H and O–H groups in total. The van der Waals surface area contributed by atoms with Gasteiger partial charge in [0, 0.05) is 18.4 Å². The fourth-order valence-electron chi connectivity index (χ4n) is 3.65. The van der Waals surface area contributed by atoms with Gasteiger partial charge in [0.2, 0.25) is 17.4 Å². The summed E-state index contributed by atoms with van der Waals surface area (Å²) < 4.78 is 21.5. The molecule has 2 rings (SSSR count). The maximum absolute atomic E-state index is 12.8. The molecule has 1 aromatic carbocycles. The van der Waals surface area contributed by atoms with Crippen molar-refractivity contribution in [3.63, 3.8) is 0 Å². The molecule has 1 amide bonds. The second kappa shape index (κ2) is 11.2. The van der Waals surface area contributed by atoms with Crippen LogP contribution in [0.3, 0.4) is 0 Å². The van der Waals surface area contributed by atoms with Crippen LogP contribution in [-0.4, -0.2) is 62.3 Å². The largest absolute Gasteiger partial charge is 0.493 e. The van der Waals surface area contributed by atoms with Gasteiger partial charge in [-0.05, 0) is 43.4 Å². The second-order valence-electron chi connectivity index (χ2n) is 8.65. The summed E-state index contributed by atoms with van der Waals surface area (Å²) in [5.41, 5.74) is 0.106. The van der Waals surface area contributed by atoms with Crippen molar-refractivity contribution in [1.82, 2.24) is 4.90 Å². The Kier molecular flexibility index (Phi) is 8.84. The molecule has 0 bridgehead atoms. The summed E-state index contributed by atoms with van der Waals surface area (Å²) in [7, 11) is 4.60. The lowest BCUT2D eigenvalue weighted by molar-refractivity contribution is -0.149. The van der Waals surface area contributed by atoms with Gasteiger partial charge >= 0.3 is 0 Å². The van der Waals surface area contributed by atoms with E-state index in [-0.39, 0.29) is 18.2 Å². The van der Waals surface area contributed by atoms with E-state index in [0.717, 1.165) is 5.56 Å². The number of benzene rings is 1. The molecule has 33 heavy (non-hydrogen) atoms. The minimum Gasteiger partial charge on any atom is -0.493 e. The Hall–Kier alpha value is -3.10. The number of nitrogens with one attached hydrogen (secondary N) is 2. The maximum atomic E-state index is 12.8. The highest BCUT2D eigenvalue weighted by Gasteiger charge is 2.40. The van der Waals surface area contributed by atoms with Crippen LogP contribution in [0.5, 0.6) is 17.2 Å². The highest BCUT2D eigenvalue weighted by Crippen LogP contribution is 2.38. The number of rotatable bonds is 10. The molecule has 1 aliphatic rings. The summed E-state index contributed by atoms with van der Waals surface area (Å²) in [6.07, 6.45) is 2.46. The molecule has 1 atom stereocenters. The number of ketones is 1. The summed E-state index contributed by atoms with van der Waals surface area (Å²) in [5.74, 6) is 0.220. The van der Waals surface area contributed by atoms with Gasteiger partial charge in [0.15, 0.2) is 17.4 Å². The summed E-state index contributed by atoms with van der Waals surface area (Å²) >= 11 is 0. The normalized spacial score (nSPS) is 15.7. The van der Waals surface area contributed by atoms with Crippen molar-refractivity contribution in [2.24, 2.45) is 5.41 Å². The number of nitrogens with zero attached hydrogens (tertiary/aromatic N) is 1. The molecule has 1 aliphatic heterocycles. The topological polar surface area (TPSA) is 122 Å². The van der Waals surface area contributed by atoms with Crippen LogP contribution in [0.15, 0.2) is 12.1 Å². The maximum Gasteiger partial charge on any atom is 0.291 e. The molecule has 1 fully saturated rings. The summed E-state index contributed by atoms with van der Waals surface area (Å²) in [5, 5.41) is 16.5. The van der Waals surface area contributed by atoms with Crippen LogP contribution in [0.2, 0.25) is 0 Å². The third-order valence-electron chi connectivity index (χ3n) is 6.11. The van der Waals surface area contributed by atoms with E-state index in [2.05, 4.69) is 0 Å². The second-order valence-corrected chi connectivity index (χ2v) is 8.65. The smallest absolute Gasteiger partial charge is 0.291 e. The monoisotopic (exact) mass is 461 g/mol. The van der Waals surface area contributed by atoms with E-state index in [4.69, 9.17) is 29.8 Å². The molecule has 0 saturated carbocycles. The molecule has 1 aromatic rings. The molecule has 0 spiro atoms. The van der Waals surface area contributed by atoms with Crippen molar-refractivity contribution in [3.8, 4) is 17.2 Å². The third-order valence-corrected chi connectivity index (χ3v) is 6.11. The molecular weight excluding hydrogens is 426 g/mol. The SMILES string of the molecule is CCC(C)(C)C(=O)C(=O)N1CCC[C@H]1C(=N)OC(=N)CCc1cc(OC)c(OC)c(OC)c1. The molecule has 0 unspecified atom stereocenters. The lowest BCUT2D eigenvalue weighted by Crippen LogP contribution is -2.48. The summed E-state index contributed by atoms with van der Waals surface area (Å²) in [6.45, 7) is 5.77. The van der Waals surface area contributed by atoms with Gasteiger partial charge in [0.05, 0.1) is 21.3 Å². The molecule has 9 heteroatoms. The van der Waals surface area contributed by atoms with Gasteiger partial charge in [0.25, 0.3) is 5.91 Å². The number of aryl methyl sites for hydroxylation is 1. The number of Topliss-reactive ketones (excluding diaryl/α,β-unsaturated/α-hetero) is 1. The van der Waals surface area contributed by atoms with Gasteiger partial charge in [-0.3, -0.25) is 20.4 Å². The number of ether oxygens (including phenoxy) is 4. The van der Waals surface area contributed by atoms with E-state index in [9.17, 15) is 9.59 Å². The van der Waals surface area contributed by atoms with Gasteiger partial charge < -0.3 is 23.8 Å². The molecule has 1 saturated heterocycles. The van der Waals surface area contributed by atoms with Crippen molar-refractivity contribution in [3.05, 3.63) is 17.7 Å². The molecule has 0 aliphatic carbocycles. The lowest BCUT2D eigenvalue weighted by Gasteiger charge is -2.28. The van der Waals surface area contributed by atoms with Crippen LogP contribution >= 0.6 is 0 Å². The van der Waals surface area contributed by atoms with Crippen molar-refractivity contribution in [2.45, 2.75) is 58.9 Å². The number of hydrogen-bond acceptors (Lipinski definition) is 8. The molecule has 0 aromatic heterocycles.